The van der Waals surface area contributed by atoms with Gasteiger partial charge in [0.15, 0.2) is 0 Å². The van der Waals surface area contributed by atoms with Gasteiger partial charge in [-0.1, -0.05) is 60.7 Å². The molecule has 1 aliphatic rings. The summed E-state index contributed by atoms with van der Waals surface area (Å²) < 4.78 is 4.91. The van der Waals surface area contributed by atoms with Crippen molar-refractivity contribution in [1.82, 2.24) is 0 Å². The second-order valence-electron chi connectivity index (χ2n) is 6.44. The standard InChI is InChI=1S/C23H19NO3/c1-27-22(25)15-21-19-13-6-5-11-17(19)18-12-7-8-14-20(18)24(21)23(26)16-9-3-2-4-10-16/h2-14,21H,15H2,1H3. The Kier molecular flexibility index (Phi) is 4.47. The highest BCUT2D eigenvalue weighted by molar-refractivity contribution is 6.10. The van der Waals surface area contributed by atoms with Gasteiger partial charge < -0.3 is 4.74 Å². The van der Waals surface area contributed by atoms with Crippen molar-refractivity contribution in [2.75, 3.05) is 12.0 Å². The molecule has 0 fully saturated rings. The van der Waals surface area contributed by atoms with Gasteiger partial charge in [0.1, 0.15) is 0 Å². The number of anilines is 1. The number of ether oxygens (including phenoxy) is 1. The molecular formula is C23H19NO3. The Labute approximate surface area is 158 Å². The maximum Gasteiger partial charge on any atom is 0.307 e. The summed E-state index contributed by atoms with van der Waals surface area (Å²) in [5, 5.41) is 0. The molecule has 1 atom stereocenters. The summed E-state index contributed by atoms with van der Waals surface area (Å²) in [5.41, 5.74) is 4.36. The first kappa shape index (κ1) is 17.0. The van der Waals surface area contributed by atoms with Gasteiger partial charge in [-0.15, -0.1) is 0 Å². The minimum atomic E-state index is -0.420. The van der Waals surface area contributed by atoms with Crippen LogP contribution >= 0.6 is 0 Å². The van der Waals surface area contributed by atoms with Crippen molar-refractivity contribution in [1.29, 1.82) is 0 Å². The van der Waals surface area contributed by atoms with Crippen LogP contribution in [0.25, 0.3) is 11.1 Å². The molecule has 0 saturated carbocycles. The lowest BCUT2D eigenvalue weighted by Crippen LogP contribution is -2.39. The van der Waals surface area contributed by atoms with Crippen LogP contribution in [-0.4, -0.2) is 19.0 Å². The number of methoxy groups -OCH3 is 1. The highest BCUT2D eigenvalue weighted by Gasteiger charge is 2.36. The van der Waals surface area contributed by atoms with Crippen molar-refractivity contribution in [3.8, 4) is 11.1 Å². The lowest BCUT2D eigenvalue weighted by molar-refractivity contribution is -0.141. The molecule has 134 valence electrons. The quantitative estimate of drug-likeness (QED) is 0.643. The zero-order valence-electron chi connectivity index (χ0n) is 15.0. The third kappa shape index (κ3) is 2.99. The van der Waals surface area contributed by atoms with E-state index in [-0.39, 0.29) is 18.3 Å². The number of benzene rings is 3. The van der Waals surface area contributed by atoms with Gasteiger partial charge in [-0.2, -0.15) is 0 Å². The summed E-state index contributed by atoms with van der Waals surface area (Å²) in [6, 6.07) is 24.4. The zero-order chi connectivity index (χ0) is 18.8. The summed E-state index contributed by atoms with van der Waals surface area (Å²) in [6.45, 7) is 0. The Morgan fingerprint density at radius 2 is 1.48 bits per heavy atom. The fourth-order valence-corrected chi connectivity index (χ4v) is 3.66. The second-order valence-corrected chi connectivity index (χ2v) is 6.44. The normalized spacial score (nSPS) is 14.9. The van der Waals surface area contributed by atoms with E-state index in [1.165, 1.54) is 7.11 Å². The second kappa shape index (κ2) is 7.08. The first-order valence-corrected chi connectivity index (χ1v) is 8.84. The predicted molar refractivity (Wildman–Crippen MR) is 105 cm³/mol. The molecule has 0 radical (unpaired) electrons. The number of fused-ring (bicyclic) bond motifs is 3. The lowest BCUT2D eigenvalue weighted by Gasteiger charge is -2.38. The van der Waals surface area contributed by atoms with E-state index in [0.717, 1.165) is 22.4 Å². The summed E-state index contributed by atoms with van der Waals surface area (Å²) in [6.07, 6.45) is 0.0976. The van der Waals surface area contributed by atoms with E-state index in [4.69, 9.17) is 4.74 Å². The molecule has 4 nitrogen and oxygen atoms in total. The molecule has 1 aliphatic heterocycles. The minimum absolute atomic E-state index is 0.0976. The lowest BCUT2D eigenvalue weighted by atomic mass is 9.86. The SMILES string of the molecule is COC(=O)CC1c2ccccc2-c2ccccc2N1C(=O)c1ccccc1. The fourth-order valence-electron chi connectivity index (χ4n) is 3.66. The molecule has 3 aromatic rings. The molecule has 0 aromatic heterocycles. The molecule has 1 heterocycles. The average Bonchev–Trinajstić information content (AvgIpc) is 2.74. The van der Waals surface area contributed by atoms with Crippen LogP contribution in [0.3, 0.4) is 0 Å². The van der Waals surface area contributed by atoms with Crippen LogP contribution in [0, 0.1) is 0 Å². The van der Waals surface area contributed by atoms with Gasteiger partial charge in [-0.3, -0.25) is 14.5 Å². The third-order valence-corrected chi connectivity index (χ3v) is 4.91. The molecule has 0 aliphatic carbocycles. The first-order chi connectivity index (χ1) is 13.2. The van der Waals surface area contributed by atoms with E-state index in [1.807, 2.05) is 66.7 Å². The van der Waals surface area contributed by atoms with Crippen molar-refractivity contribution in [3.05, 3.63) is 90.0 Å². The Hall–Kier alpha value is -3.40. The molecule has 0 spiro atoms. The predicted octanol–water partition coefficient (Wildman–Crippen LogP) is 4.62. The van der Waals surface area contributed by atoms with Gasteiger partial charge in [0.2, 0.25) is 0 Å². The van der Waals surface area contributed by atoms with Crippen LogP contribution in [-0.2, 0) is 9.53 Å². The minimum Gasteiger partial charge on any atom is -0.469 e. The largest absolute Gasteiger partial charge is 0.469 e. The van der Waals surface area contributed by atoms with Gasteiger partial charge in [0.05, 0.1) is 25.3 Å². The van der Waals surface area contributed by atoms with Crippen LogP contribution in [0.15, 0.2) is 78.9 Å². The molecule has 1 amide bonds. The van der Waals surface area contributed by atoms with Crippen LogP contribution in [0.5, 0.6) is 0 Å². The van der Waals surface area contributed by atoms with Crippen molar-refractivity contribution < 1.29 is 14.3 Å². The molecular weight excluding hydrogens is 338 g/mol. The monoisotopic (exact) mass is 357 g/mol. The van der Waals surface area contributed by atoms with E-state index >= 15 is 0 Å². The van der Waals surface area contributed by atoms with Gasteiger partial charge in [-0.05, 0) is 29.3 Å². The number of carbonyl (C=O) groups excluding carboxylic acids is 2. The van der Waals surface area contributed by atoms with E-state index in [0.29, 0.717) is 5.56 Å². The van der Waals surface area contributed by atoms with E-state index < -0.39 is 6.04 Å². The van der Waals surface area contributed by atoms with Gasteiger partial charge in [-0.25, -0.2) is 0 Å². The molecule has 3 aromatic carbocycles. The Morgan fingerprint density at radius 3 is 2.22 bits per heavy atom. The molecule has 0 bridgehead atoms. The molecule has 27 heavy (non-hydrogen) atoms. The number of hydrogen-bond acceptors (Lipinski definition) is 3. The third-order valence-electron chi connectivity index (χ3n) is 4.91. The number of para-hydroxylation sites is 1. The molecule has 0 saturated heterocycles. The van der Waals surface area contributed by atoms with Crippen LogP contribution in [0.4, 0.5) is 5.69 Å². The zero-order valence-corrected chi connectivity index (χ0v) is 15.0. The average molecular weight is 357 g/mol. The fraction of sp³-hybridized carbons (Fsp3) is 0.130. The van der Waals surface area contributed by atoms with Crippen LogP contribution < -0.4 is 4.90 Å². The van der Waals surface area contributed by atoms with Crippen molar-refractivity contribution in [2.45, 2.75) is 12.5 Å². The van der Waals surface area contributed by atoms with Gasteiger partial charge >= 0.3 is 5.97 Å². The van der Waals surface area contributed by atoms with Crippen LogP contribution in [0.2, 0.25) is 0 Å². The van der Waals surface area contributed by atoms with Gasteiger partial charge in [0.25, 0.3) is 5.91 Å². The highest BCUT2D eigenvalue weighted by Crippen LogP contribution is 2.46. The van der Waals surface area contributed by atoms with Crippen molar-refractivity contribution >= 4 is 17.6 Å². The maximum absolute atomic E-state index is 13.4. The summed E-state index contributed by atoms with van der Waals surface area (Å²) in [7, 11) is 1.37. The Bertz CT molecular complexity index is 997. The number of esters is 1. The van der Waals surface area contributed by atoms with Gasteiger partial charge in [0, 0.05) is 11.1 Å². The topological polar surface area (TPSA) is 46.6 Å². The molecule has 0 N–H and O–H groups in total. The number of amides is 1. The Balaban J connectivity index is 1.91. The summed E-state index contributed by atoms with van der Waals surface area (Å²) in [5.74, 6) is -0.480. The van der Waals surface area contributed by atoms with E-state index in [2.05, 4.69) is 0 Å². The maximum atomic E-state index is 13.4. The van der Waals surface area contributed by atoms with Crippen LogP contribution in [0.1, 0.15) is 28.4 Å². The number of rotatable bonds is 3. The molecule has 4 rings (SSSR count). The van der Waals surface area contributed by atoms with E-state index in [1.54, 1.807) is 17.0 Å². The smallest absolute Gasteiger partial charge is 0.307 e. The Morgan fingerprint density at radius 1 is 0.852 bits per heavy atom. The first-order valence-electron chi connectivity index (χ1n) is 8.84. The number of hydrogen-bond donors (Lipinski definition) is 0. The van der Waals surface area contributed by atoms with Crippen molar-refractivity contribution in [2.24, 2.45) is 0 Å². The molecule has 1 unspecified atom stereocenters. The molecule has 4 heteroatoms. The number of carbonyl (C=O) groups is 2. The number of nitrogens with zero attached hydrogens (tertiary/aromatic N) is 1. The summed E-state index contributed by atoms with van der Waals surface area (Å²) in [4.78, 5) is 27.3. The van der Waals surface area contributed by atoms with Crippen molar-refractivity contribution in [3.63, 3.8) is 0 Å². The van der Waals surface area contributed by atoms with E-state index in [9.17, 15) is 9.59 Å². The summed E-state index contributed by atoms with van der Waals surface area (Å²) >= 11 is 0. The highest BCUT2D eigenvalue weighted by atomic mass is 16.5.